The number of carbonyl (C=O) groups excluding carboxylic acids is 1. The molecule has 1 aliphatic carbocycles. The largest absolute Gasteiger partial charge is 0.512 e. The lowest BCUT2D eigenvalue weighted by atomic mass is 10.0. The van der Waals surface area contributed by atoms with Gasteiger partial charge in [-0.3, -0.25) is 9.79 Å². The SMILES string of the molecule is O=C(CC1=CN=CCC1)OCC1=CC=C(O)CC1. The third-order valence-corrected chi connectivity index (χ3v) is 2.96. The molecule has 1 N–H and O–H groups in total. The molecule has 0 saturated carbocycles. The molecule has 0 unspecified atom stereocenters. The van der Waals surface area contributed by atoms with Crippen LogP contribution in [0.15, 0.2) is 40.2 Å². The van der Waals surface area contributed by atoms with E-state index in [4.69, 9.17) is 4.74 Å². The summed E-state index contributed by atoms with van der Waals surface area (Å²) in [6, 6.07) is 0. The van der Waals surface area contributed by atoms with Crippen LogP contribution in [-0.2, 0) is 9.53 Å². The molecule has 18 heavy (non-hydrogen) atoms. The van der Waals surface area contributed by atoms with E-state index >= 15 is 0 Å². The van der Waals surface area contributed by atoms with E-state index in [1.54, 1.807) is 12.3 Å². The number of carbonyl (C=O) groups is 1. The van der Waals surface area contributed by atoms with Gasteiger partial charge in [0.25, 0.3) is 0 Å². The van der Waals surface area contributed by atoms with Gasteiger partial charge in [0, 0.05) is 18.8 Å². The molecule has 0 aromatic carbocycles. The van der Waals surface area contributed by atoms with Crippen molar-refractivity contribution in [2.45, 2.75) is 32.1 Å². The number of aliphatic imine (C=N–C) groups is 1. The fraction of sp³-hybridized carbons (Fsp3) is 0.429. The zero-order chi connectivity index (χ0) is 12.8. The van der Waals surface area contributed by atoms with Crippen molar-refractivity contribution in [1.82, 2.24) is 0 Å². The highest BCUT2D eigenvalue weighted by Crippen LogP contribution is 2.18. The summed E-state index contributed by atoms with van der Waals surface area (Å²) in [5.41, 5.74) is 2.06. The molecule has 0 spiro atoms. The highest BCUT2D eigenvalue weighted by molar-refractivity contribution is 5.73. The van der Waals surface area contributed by atoms with Crippen molar-refractivity contribution in [3.63, 3.8) is 0 Å². The Morgan fingerprint density at radius 1 is 1.28 bits per heavy atom. The van der Waals surface area contributed by atoms with Crippen molar-refractivity contribution >= 4 is 12.2 Å². The summed E-state index contributed by atoms with van der Waals surface area (Å²) in [5.74, 6) is 0.174. The van der Waals surface area contributed by atoms with Crippen LogP contribution in [0.4, 0.5) is 0 Å². The Morgan fingerprint density at radius 2 is 2.17 bits per heavy atom. The molecular formula is C14H17NO3. The third kappa shape index (κ3) is 3.87. The van der Waals surface area contributed by atoms with Crippen molar-refractivity contribution in [3.8, 4) is 0 Å². The van der Waals surface area contributed by atoms with Crippen LogP contribution in [0.25, 0.3) is 0 Å². The summed E-state index contributed by atoms with van der Waals surface area (Å²) in [7, 11) is 0. The highest BCUT2D eigenvalue weighted by Gasteiger charge is 2.11. The zero-order valence-corrected chi connectivity index (χ0v) is 10.3. The summed E-state index contributed by atoms with van der Waals surface area (Å²) >= 11 is 0. The quantitative estimate of drug-likeness (QED) is 0.777. The fourth-order valence-electron chi connectivity index (χ4n) is 1.88. The van der Waals surface area contributed by atoms with Crippen molar-refractivity contribution in [2.24, 2.45) is 4.99 Å². The number of nitrogens with zero attached hydrogens (tertiary/aromatic N) is 1. The molecule has 1 aliphatic heterocycles. The van der Waals surface area contributed by atoms with E-state index in [0.717, 1.165) is 30.4 Å². The Balaban J connectivity index is 1.75. The van der Waals surface area contributed by atoms with E-state index < -0.39 is 0 Å². The number of hydrogen-bond donors (Lipinski definition) is 1. The van der Waals surface area contributed by atoms with Gasteiger partial charge in [0.2, 0.25) is 0 Å². The average Bonchev–Trinajstić information content (AvgIpc) is 2.39. The zero-order valence-electron chi connectivity index (χ0n) is 10.3. The maximum atomic E-state index is 11.6. The van der Waals surface area contributed by atoms with Crippen LogP contribution < -0.4 is 0 Å². The number of aliphatic hydroxyl groups is 1. The van der Waals surface area contributed by atoms with Gasteiger partial charge < -0.3 is 9.84 Å². The van der Waals surface area contributed by atoms with Crippen LogP contribution in [-0.4, -0.2) is 23.9 Å². The first kappa shape index (κ1) is 12.6. The lowest BCUT2D eigenvalue weighted by Gasteiger charge is -2.12. The van der Waals surface area contributed by atoms with Crippen LogP contribution in [0, 0.1) is 0 Å². The van der Waals surface area contributed by atoms with Gasteiger partial charge in [-0.2, -0.15) is 0 Å². The second-order valence-corrected chi connectivity index (χ2v) is 4.48. The minimum absolute atomic E-state index is 0.210. The predicted octanol–water partition coefficient (Wildman–Crippen LogP) is 2.83. The molecule has 0 saturated heterocycles. The minimum atomic E-state index is -0.210. The smallest absolute Gasteiger partial charge is 0.310 e. The summed E-state index contributed by atoms with van der Waals surface area (Å²) in [6.07, 6.45) is 10.6. The number of ether oxygens (including phenoxy) is 1. The molecule has 0 radical (unpaired) electrons. The van der Waals surface area contributed by atoms with Gasteiger partial charge in [0.1, 0.15) is 6.61 Å². The molecular weight excluding hydrogens is 230 g/mol. The Morgan fingerprint density at radius 3 is 2.83 bits per heavy atom. The normalized spacial score (nSPS) is 18.8. The Kier molecular flexibility index (Phi) is 4.34. The van der Waals surface area contributed by atoms with Crippen LogP contribution in [0.5, 0.6) is 0 Å². The molecule has 0 bridgehead atoms. The molecule has 0 atom stereocenters. The lowest BCUT2D eigenvalue weighted by molar-refractivity contribution is -0.141. The summed E-state index contributed by atoms with van der Waals surface area (Å²) in [6.45, 7) is 0.319. The van der Waals surface area contributed by atoms with Crippen LogP contribution in [0.2, 0.25) is 0 Å². The third-order valence-electron chi connectivity index (χ3n) is 2.96. The first-order valence-corrected chi connectivity index (χ1v) is 6.17. The van der Waals surface area contributed by atoms with Crippen molar-refractivity contribution in [3.05, 3.63) is 35.3 Å². The monoisotopic (exact) mass is 247 g/mol. The standard InChI is InChI=1S/C14H17NO3/c16-13-5-3-11(4-6-13)10-18-14(17)8-12-2-1-7-15-9-12/h3,5,7,9,16H,1-2,4,6,8,10H2. The van der Waals surface area contributed by atoms with E-state index in [1.165, 1.54) is 0 Å². The average molecular weight is 247 g/mol. The molecule has 2 aliphatic rings. The highest BCUT2D eigenvalue weighted by atomic mass is 16.5. The molecule has 1 heterocycles. The number of hydrogen-bond acceptors (Lipinski definition) is 4. The molecule has 4 heteroatoms. The lowest BCUT2D eigenvalue weighted by Crippen LogP contribution is -2.10. The van der Waals surface area contributed by atoms with Gasteiger partial charge in [-0.05, 0) is 36.5 Å². The Hall–Kier alpha value is -1.84. The number of allylic oxidation sites excluding steroid dienone is 3. The van der Waals surface area contributed by atoms with Crippen LogP contribution in [0.1, 0.15) is 32.1 Å². The van der Waals surface area contributed by atoms with E-state index in [2.05, 4.69) is 4.99 Å². The molecule has 4 nitrogen and oxygen atoms in total. The van der Waals surface area contributed by atoms with Gasteiger partial charge in [-0.25, -0.2) is 0 Å². The fourth-order valence-corrected chi connectivity index (χ4v) is 1.88. The summed E-state index contributed by atoms with van der Waals surface area (Å²) in [5, 5.41) is 9.21. The van der Waals surface area contributed by atoms with Crippen molar-refractivity contribution in [2.75, 3.05) is 6.61 Å². The van der Waals surface area contributed by atoms with Crippen molar-refractivity contribution in [1.29, 1.82) is 0 Å². The van der Waals surface area contributed by atoms with Gasteiger partial charge in [0.05, 0.1) is 12.2 Å². The molecule has 96 valence electrons. The van der Waals surface area contributed by atoms with E-state index in [-0.39, 0.29) is 5.97 Å². The molecule has 0 fully saturated rings. The molecule has 2 rings (SSSR count). The molecule has 0 amide bonds. The Bertz CT molecular complexity index is 444. The van der Waals surface area contributed by atoms with Gasteiger partial charge in [-0.1, -0.05) is 6.08 Å². The maximum Gasteiger partial charge on any atom is 0.310 e. The van der Waals surface area contributed by atoms with Crippen molar-refractivity contribution < 1.29 is 14.6 Å². The molecule has 0 aromatic heterocycles. The van der Waals surface area contributed by atoms with Gasteiger partial charge in [0.15, 0.2) is 0 Å². The topological polar surface area (TPSA) is 58.9 Å². The maximum absolute atomic E-state index is 11.6. The summed E-state index contributed by atoms with van der Waals surface area (Å²) < 4.78 is 5.21. The number of esters is 1. The number of aliphatic hydroxyl groups excluding tert-OH is 1. The second kappa shape index (κ2) is 6.19. The van der Waals surface area contributed by atoms with Crippen LogP contribution >= 0.6 is 0 Å². The Labute approximate surface area is 106 Å². The molecule has 0 aromatic rings. The summed E-state index contributed by atoms with van der Waals surface area (Å²) in [4.78, 5) is 15.6. The van der Waals surface area contributed by atoms with E-state index in [1.807, 2.05) is 12.3 Å². The van der Waals surface area contributed by atoms with Gasteiger partial charge >= 0.3 is 5.97 Å². The van der Waals surface area contributed by atoms with Gasteiger partial charge in [-0.15, -0.1) is 0 Å². The minimum Gasteiger partial charge on any atom is -0.512 e. The predicted molar refractivity (Wildman–Crippen MR) is 69.4 cm³/mol. The van der Waals surface area contributed by atoms with E-state index in [9.17, 15) is 9.90 Å². The van der Waals surface area contributed by atoms with Crippen LogP contribution in [0.3, 0.4) is 0 Å². The first-order chi connectivity index (χ1) is 8.74. The van der Waals surface area contributed by atoms with E-state index in [0.29, 0.717) is 25.2 Å². The first-order valence-electron chi connectivity index (χ1n) is 6.17. The second-order valence-electron chi connectivity index (χ2n) is 4.48. The number of rotatable bonds is 4.